The maximum Gasteiger partial charge on any atom is 0.356 e. The number of hydrogen-bond donors (Lipinski definition) is 1. The van der Waals surface area contributed by atoms with Crippen LogP contribution in [0.1, 0.15) is 31.3 Å². The van der Waals surface area contributed by atoms with Gasteiger partial charge in [0.2, 0.25) is 0 Å². The minimum absolute atomic E-state index is 0.00410. The molecule has 0 aliphatic heterocycles. The number of methoxy groups -OCH3 is 1. The molecule has 1 aromatic heterocycles. The van der Waals surface area contributed by atoms with Crippen LogP contribution in [0.4, 0.5) is 5.69 Å². The lowest BCUT2D eigenvalue weighted by atomic mass is 10.3. The summed E-state index contributed by atoms with van der Waals surface area (Å²) in [6.07, 6.45) is 0. The van der Waals surface area contributed by atoms with Gasteiger partial charge in [-0.25, -0.2) is 9.78 Å². The number of nitrogens with zero attached hydrogens (tertiary/aromatic N) is 1. The molecule has 1 rings (SSSR count). The van der Waals surface area contributed by atoms with Crippen molar-refractivity contribution in [1.82, 2.24) is 4.98 Å². The largest absolute Gasteiger partial charge is 0.464 e. The van der Waals surface area contributed by atoms with E-state index in [4.69, 9.17) is 5.73 Å². The van der Waals surface area contributed by atoms with Crippen molar-refractivity contribution in [3.8, 4) is 0 Å². The van der Waals surface area contributed by atoms with Crippen LogP contribution in [-0.4, -0.2) is 22.8 Å². The molecular formula is C11H16N2O2S. The Hall–Kier alpha value is -1.23. The second-order valence-electron chi connectivity index (χ2n) is 4.30. The fourth-order valence-corrected chi connectivity index (χ4v) is 1.95. The summed E-state index contributed by atoms with van der Waals surface area (Å²) < 4.78 is 4.61. The zero-order chi connectivity index (χ0) is 12.3. The van der Waals surface area contributed by atoms with Gasteiger partial charge in [-0.1, -0.05) is 32.5 Å². The Kier molecular flexibility index (Phi) is 3.80. The summed E-state index contributed by atoms with van der Waals surface area (Å²) in [6, 6.07) is 3.24. The van der Waals surface area contributed by atoms with Gasteiger partial charge in [-0.05, 0) is 12.1 Å². The number of nitrogens with two attached hydrogens (primary N) is 1. The molecule has 16 heavy (non-hydrogen) atoms. The maximum atomic E-state index is 11.3. The molecule has 0 atom stereocenters. The number of anilines is 1. The van der Waals surface area contributed by atoms with Gasteiger partial charge in [-0.2, -0.15) is 0 Å². The average molecular weight is 240 g/mol. The van der Waals surface area contributed by atoms with E-state index >= 15 is 0 Å². The minimum Gasteiger partial charge on any atom is -0.464 e. The molecule has 0 aliphatic rings. The van der Waals surface area contributed by atoms with Crippen molar-refractivity contribution in [3.05, 3.63) is 17.8 Å². The molecule has 0 spiro atoms. The number of aromatic nitrogens is 1. The number of rotatable bonds is 2. The first-order chi connectivity index (χ1) is 7.33. The van der Waals surface area contributed by atoms with Gasteiger partial charge in [0.1, 0.15) is 10.7 Å². The number of hydrogen-bond acceptors (Lipinski definition) is 5. The third-order valence-electron chi connectivity index (χ3n) is 1.69. The van der Waals surface area contributed by atoms with Crippen LogP contribution < -0.4 is 5.73 Å². The van der Waals surface area contributed by atoms with Crippen LogP contribution in [0.15, 0.2) is 17.2 Å². The Bertz CT molecular complexity index is 399. The molecular weight excluding hydrogens is 224 g/mol. The lowest BCUT2D eigenvalue weighted by molar-refractivity contribution is 0.0593. The zero-order valence-electron chi connectivity index (χ0n) is 9.90. The van der Waals surface area contributed by atoms with E-state index in [9.17, 15) is 4.79 Å². The number of carbonyl (C=O) groups is 1. The van der Waals surface area contributed by atoms with E-state index in [-0.39, 0.29) is 10.4 Å². The number of nitrogen functional groups attached to an aromatic ring is 1. The van der Waals surface area contributed by atoms with Crippen molar-refractivity contribution in [1.29, 1.82) is 0 Å². The van der Waals surface area contributed by atoms with Crippen LogP contribution in [0.25, 0.3) is 0 Å². The maximum absolute atomic E-state index is 11.3. The topological polar surface area (TPSA) is 65.2 Å². The van der Waals surface area contributed by atoms with Gasteiger partial charge in [0.05, 0.1) is 12.8 Å². The Morgan fingerprint density at radius 2 is 2.06 bits per heavy atom. The fourth-order valence-electron chi connectivity index (χ4n) is 1.04. The van der Waals surface area contributed by atoms with Crippen LogP contribution in [0.2, 0.25) is 0 Å². The highest BCUT2D eigenvalue weighted by molar-refractivity contribution is 8.00. The first-order valence-corrected chi connectivity index (χ1v) is 5.69. The smallest absolute Gasteiger partial charge is 0.356 e. The van der Waals surface area contributed by atoms with Crippen molar-refractivity contribution in [2.75, 3.05) is 12.8 Å². The first kappa shape index (κ1) is 12.8. The van der Waals surface area contributed by atoms with Gasteiger partial charge in [0.15, 0.2) is 0 Å². The number of esters is 1. The molecule has 5 heteroatoms. The molecule has 2 N–H and O–H groups in total. The molecule has 0 saturated carbocycles. The summed E-state index contributed by atoms with van der Waals surface area (Å²) in [7, 11) is 1.33. The quantitative estimate of drug-likeness (QED) is 0.635. The van der Waals surface area contributed by atoms with E-state index in [1.165, 1.54) is 18.9 Å². The molecule has 4 nitrogen and oxygen atoms in total. The Morgan fingerprint density at radius 3 is 2.56 bits per heavy atom. The van der Waals surface area contributed by atoms with Gasteiger partial charge in [0, 0.05) is 4.75 Å². The molecule has 88 valence electrons. The van der Waals surface area contributed by atoms with Crippen LogP contribution in [0.5, 0.6) is 0 Å². The third kappa shape index (κ3) is 3.41. The van der Waals surface area contributed by atoms with Crippen LogP contribution in [-0.2, 0) is 4.74 Å². The summed E-state index contributed by atoms with van der Waals surface area (Å²) in [5.41, 5.74) is 6.66. The monoisotopic (exact) mass is 240 g/mol. The van der Waals surface area contributed by atoms with E-state index < -0.39 is 5.97 Å². The first-order valence-electron chi connectivity index (χ1n) is 4.87. The summed E-state index contributed by atoms with van der Waals surface area (Å²) in [5.74, 6) is -0.448. The Balaban J connectivity index is 3.04. The van der Waals surface area contributed by atoms with Crippen LogP contribution >= 0.6 is 11.8 Å². The lowest BCUT2D eigenvalue weighted by Gasteiger charge is -2.18. The summed E-state index contributed by atoms with van der Waals surface area (Å²) >= 11 is 1.53. The minimum atomic E-state index is -0.448. The van der Waals surface area contributed by atoms with E-state index in [1.807, 2.05) is 0 Å². The highest BCUT2D eigenvalue weighted by Gasteiger charge is 2.17. The summed E-state index contributed by atoms with van der Waals surface area (Å²) in [6.45, 7) is 6.18. The number of ether oxygens (including phenoxy) is 1. The molecule has 0 fully saturated rings. The lowest BCUT2D eigenvalue weighted by Crippen LogP contribution is -2.11. The molecule has 1 heterocycles. The predicted molar refractivity (Wildman–Crippen MR) is 65.6 cm³/mol. The van der Waals surface area contributed by atoms with Gasteiger partial charge in [-0.3, -0.25) is 0 Å². The van der Waals surface area contributed by atoms with Crippen LogP contribution in [0, 0.1) is 0 Å². The number of thioether (sulfide) groups is 1. The number of pyridine rings is 1. The fraction of sp³-hybridized carbons (Fsp3) is 0.455. The van der Waals surface area contributed by atoms with Crippen molar-refractivity contribution in [2.45, 2.75) is 30.5 Å². The number of carbonyl (C=O) groups excluding carboxylic acids is 1. The van der Waals surface area contributed by atoms with Crippen molar-refractivity contribution >= 4 is 23.4 Å². The van der Waals surface area contributed by atoms with Crippen molar-refractivity contribution in [2.24, 2.45) is 0 Å². The normalized spacial score (nSPS) is 11.2. The standard InChI is InChI=1S/C11H16N2O2S/c1-11(2,3)16-9-7(12)5-6-8(13-9)10(14)15-4/h5-6H,12H2,1-4H3. The Labute approximate surface area is 99.6 Å². The molecule has 1 aromatic rings. The summed E-state index contributed by atoms with van der Waals surface area (Å²) in [5, 5.41) is 0.662. The molecule has 0 aromatic carbocycles. The SMILES string of the molecule is COC(=O)c1ccc(N)c(SC(C)(C)C)n1. The zero-order valence-corrected chi connectivity index (χ0v) is 10.7. The van der Waals surface area contributed by atoms with E-state index in [0.717, 1.165) is 0 Å². The predicted octanol–water partition coefficient (Wildman–Crippen LogP) is 2.34. The molecule has 0 unspecified atom stereocenters. The van der Waals surface area contributed by atoms with Gasteiger partial charge < -0.3 is 10.5 Å². The molecule has 0 saturated heterocycles. The summed E-state index contributed by atoms with van der Waals surface area (Å²) in [4.78, 5) is 15.5. The molecule has 0 amide bonds. The average Bonchev–Trinajstić information content (AvgIpc) is 2.18. The molecule has 0 radical (unpaired) electrons. The Morgan fingerprint density at radius 1 is 1.44 bits per heavy atom. The second kappa shape index (κ2) is 4.74. The van der Waals surface area contributed by atoms with Gasteiger partial charge >= 0.3 is 5.97 Å². The van der Waals surface area contributed by atoms with Gasteiger partial charge in [0.25, 0.3) is 0 Å². The van der Waals surface area contributed by atoms with Crippen LogP contribution in [0.3, 0.4) is 0 Å². The van der Waals surface area contributed by atoms with Crippen molar-refractivity contribution < 1.29 is 9.53 Å². The highest BCUT2D eigenvalue weighted by Crippen LogP contribution is 2.33. The van der Waals surface area contributed by atoms with E-state index in [1.54, 1.807) is 12.1 Å². The van der Waals surface area contributed by atoms with E-state index in [2.05, 4.69) is 30.5 Å². The van der Waals surface area contributed by atoms with E-state index in [0.29, 0.717) is 10.7 Å². The molecule has 0 bridgehead atoms. The van der Waals surface area contributed by atoms with Gasteiger partial charge in [-0.15, -0.1) is 0 Å². The highest BCUT2D eigenvalue weighted by atomic mass is 32.2. The van der Waals surface area contributed by atoms with Crippen molar-refractivity contribution in [3.63, 3.8) is 0 Å². The third-order valence-corrected chi connectivity index (χ3v) is 2.82. The molecule has 0 aliphatic carbocycles. The second-order valence-corrected chi connectivity index (χ2v) is 6.11.